The Labute approximate surface area is 238 Å². The van der Waals surface area contributed by atoms with E-state index in [0.717, 1.165) is 19.3 Å². The predicted molar refractivity (Wildman–Crippen MR) is 149 cm³/mol. The van der Waals surface area contributed by atoms with E-state index in [0.29, 0.717) is 38.2 Å². The summed E-state index contributed by atoms with van der Waals surface area (Å²) in [5.74, 6) is 0.0486. The molecule has 1 N–H and O–H groups in total. The van der Waals surface area contributed by atoms with E-state index in [1.54, 1.807) is 26.0 Å². The first-order valence-corrected chi connectivity index (χ1v) is 15.2. The largest absolute Gasteiger partial charge is 0.465 e. The third kappa shape index (κ3) is 6.77. The van der Waals surface area contributed by atoms with Crippen molar-refractivity contribution in [1.82, 2.24) is 9.80 Å². The summed E-state index contributed by atoms with van der Waals surface area (Å²) in [6.45, 7) is 5.59. The standard InChI is InChI=1S/C28H41N3O8S/c1-4-38-26(32)24-15-23(31(40(35)36)22-9-7-6-8-10-22)18-29(24)16-19-11-12-20-17-30(28(34)37-3)25(14-21(20)13-19)27(33)39-5-2/h6-10,19-21,23-25H,4-5,11-18H2,1-3H3,(H,35,36). The molecule has 1 saturated carbocycles. The second-order valence-corrected chi connectivity index (χ2v) is 11.7. The molecule has 11 nitrogen and oxygen atoms in total. The molecule has 0 radical (unpaired) electrons. The van der Waals surface area contributed by atoms with Crippen molar-refractivity contribution < 1.29 is 37.4 Å². The molecule has 0 spiro atoms. The Morgan fingerprint density at radius 1 is 0.950 bits per heavy atom. The van der Waals surface area contributed by atoms with Gasteiger partial charge < -0.3 is 14.2 Å². The maximum Gasteiger partial charge on any atom is 0.410 e. The highest BCUT2D eigenvalue weighted by molar-refractivity contribution is 7.80. The first-order chi connectivity index (χ1) is 19.3. The third-order valence-corrected chi connectivity index (χ3v) is 9.34. The molecule has 222 valence electrons. The fraction of sp³-hybridized carbons (Fsp3) is 0.679. The highest BCUT2D eigenvalue weighted by Gasteiger charge is 2.47. The van der Waals surface area contributed by atoms with Crippen molar-refractivity contribution in [1.29, 1.82) is 0 Å². The van der Waals surface area contributed by atoms with Gasteiger partial charge in [-0.3, -0.25) is 23.5 Å². The highest BCUT2D eigenvalue weighted by atomic mass is 32.2. The number of rotatable bonds is 9. The van der Waals surface area contributed by atoms with E-state index < -0.39 is 35.4 Å². The summed E-state index contributed by atoms with van der Waals surface area (Å²) < 4.78 is 39.7. The quantitative estimate of drug-likeness (QED) is 0.267. The zero-order valence-electron chi connectivity index (χ0n) is 23.5. The van der Waals surface area contributed by atoms with Crippen LogP contribution in [-0.4, -0.2) is 94.7 Å². The van der Waals surface area contributed by atoms with Crippen molar-refractivity contribution in [3.63, 3.8) is 0 Å². The number of carbonyl (C=O) groups is 3. The summed E-state index contributed by atoms with van der Waals surface area (Å²) in [5, 5.41) is 0. The van der Waals surface area contributed by atoms with E-state index in [2.05, 4.69) is 4.90 Å². The van der Waals surface area contributed by atoms with Crippen LogP contribution in [0.2, 0.25) is 0 Å². The van der Waals surface area contributed by atoms with Crippen molar-refractivity contribution in [2.75, 3.05) is 44.3 Å². The average Bonchev–Trinajstić information content (AvgIpc) is 3.35. The number of benzene rings is 1. The zero-order valence-corrected chi connectivity index (χ0v) is 24.3. The molecule has 3 fully saturated rings. The number of para-hydroxylation sites is 1. The van der Waals surface area contributed by atoms with E-state index in [1.165, 1.54) is 16.3 Å². The monoisotopic (exact) mass is 579 g/mol. The van der Waals surface area contributed by atoms with Gasteiger partial charge in [-0.15, -0.1) is 0 Å². The molecule has 1 amide bonds. The van der Waals surface area contributed by atoms with Crippen molar-refractivity contribution >= 4 is 35.0 Å². The Bertz CT molecular complexity index is 1060. The lowest BCUT2D eigenvalue weighted by atomic mass is 9.69. The molecule has 7 unspecified atom stereocenters. The number of hydrogen-bond donors (Lipinski definition) is 1. The number of anilines is 1. The maximum atomic E-state index is 13.0. The SMILES string of the molecule is CCOC(=O)C1CC(N(c2ccccc2)S(=O)O)CN1CC1CCC2CN(C(=O)OC)C(C(=O)OCC)CC2C1. The van der Waals surface area contributed by atoms with Gasteiger partial charge in [0, 0.05) is 19.6 Å². The van der Waals surface area contributed by atoms with Crippen LogP contribution in [0, 0.1) is 17.8 Å². The molecule has 0 aromatic heterocycles. The predicted octanol–water partition coefficient (Wildman–Crippen LogP) is 3.07. The summed E-state index contributed by atoms with van der Waals surface area (Å²) >= 11 is -2.25. The number of esters is 2. The van der Waals surface area contributed by atoms with Crippen LogP contribution in [0.5, 0.6) is 0 Å². The summed E-state index contributed by atoms with van der Waals surface area (Å²) in [7, 11) is 1.32. The van der Waals surface area contributed by atoms with Crippen LogP contribution in [0.3, 0.4) is 0 Å². The van der Waals surface area contributed by atoms with Crippen LogP contribution in [0.1, 0.15) is 46.0 Å². The van der Waals surface area contributed by atoms with E-state index in [9.17, 15) is 23.1 Å². The number of hydrogen-bond acceptors (Lipinski definition) is 8. The van der Waals surface area contributed by atoms with E-state index in [-0.39, 0.29) is 43.0 Å². The molecule has 1 aromatic carbocycles. The second kappa shape index (κ2) is 13.8. The van der Waals surface area contributed by atoms with Crippen LogP contribution in [0.15, 0.2) is 30.3 Å². The van der Waals surface area contributed by atoms with Crippen LogP contribution in [0.4, 0.5) is 10.5 Å². The molecule has 2 heterocycles. The van der Waals surface area contributed by atoms with Crippen molar-refractivity contribution in [3.8, 4) is 0 Å². The van der Waals surface area contributed by atoms with Crippen molar-refractivity contribution in [2.24, 2.45) is 17.8 Å². The van der Waals surface area contributed by atoms with Gasteiger partial charge in [-0.25, -0.2) is 13.8 Å². The second-order valence-electron chi connectivity index (χ2n) is 10.8. The third-order valence-electron chi connectivity index (χ3n) is 8.49. The molecule has 1 aromatic rings. The Hall–Kier alpha value is -2.70. The smallest absolute Gasteiger partial charge is 0.410 e. The van der Waals surface area contributed by atoms with Crippen LogP contribution >= 0.6 is 0 Å². The van der Waals surface area contributed by atoms with Gasteiger partial charge in [0.1, 0.15) is 12.1 Å². The van der Waals surface area contributed by atoms with Crippen molar-refractivity contribution in [3.05, 3.63) is 30.3 Å². The number of carbonyl (C=O) groups excluding carboxylic acids is 3. The van der Waals surface area contributed by atoms with Crippen LogP contribution < -0.4 is 4.31 Å². The minimum atomic E-state index is -2.25. The van der Waals surface area contributed by atoms with E-state index in [4.69, 9.17) is 14.2 Å². The van der Waals surface area contributed by atoms with E-state index in [1.807, 2.05) is 18.2 Å². The fourth-order valence-electron chi connectivity index (χ4n) is 6.76. The molecule has 2 aliphatic heterocycles. The molecule has 3 aliphatic rings. The van der Waals surface area contributed by atoms with Gasteiger partial charge in [-0.05, 0) is 75.8 Å². The molecule has 40 heavy (non-hydrogen) atoms. The number of methoxy groups -OCH3 is 1. The lowest BCUT2D eigenvalue weighted by Gasteiger charge is -2.46. The Morgan fingerprint density at radius 2 is 1.62 bits per heavy atom. The zero-order chi connectivity index (χ0) is 28.8. The number of nitrogens with zero attached hydrogens (tertiary/aromatic N) is 3. The maximum absolute atomic E-state index is 13.0. The van der Waals surface area contributed by atoms with Gasteiger partial charge in [0.05, 0.1) is 32.1 Å². The van der Waals surface area contributed by atoms with Gasteiger partial charge in [-0.2, -0.15) is 0 Å². The summed E-state index contributed by atoms with van der Waals surface area (Å²) in [4.78, 5) is 41.8. The van der Waals surface area contributed by atoms with Crippen LogP contribution in [-0.2, 0) is 35.1 Å². The molecule has 12 heteroatoms. The molecule has 7 atom stereocenters. The average molecular weight is 580 g/mol. The van der Waals surface area contributed by atoms with Crippen LogP contribution in [0.25, 0.3) is 0 Å². The lowest BCUT2D eigenvalue weighted by molar-refractivity contribution is -0.153. The topological polar surface area (TPSA) is 126 Å². The number of fused-ring (bicyclic) bond motifs is 1. The summed E-state index contributed by atoms with van der Waals surface area (Å²) in [6.07, 6.45) is 3.08. The van der Waals surface area contributed by atoms with Crippen molar-refractivity contribution in [2.45, 2.75) is 64.1 Å². The molecule has 1 aliphatic carbocycles. The Kier molecular flexibility index (Phi) is 10.4. The minimum Gasteiger partial charge on any atom is -0.465 e. The molecule has 2 saturated heterocycles. The first-order valence-electron chi connectivity index (χ1n) is 14.1. The van der Waals surface area contributed by atoms with Gasteiger partial charge >= 0.3 is 18.0 Å². The molecule has 0 bridgehead atoms. The number of ether oxygens (including phenoxy) is 3. The molecule has 4 rings (SSSR count). The lowest BCUT2D eigenvalue weighted by Crippen LogP contribution is -2.55. The fourth-order valence-corrected chi connectivity index (χ4v) is 7.47. The number of likely N-dealkylation sites (tertiary alicyclic amines) is 2. The van der Waals surface area contributed by atoms with Gasteiger partial charge in [-0.1, -0.05) is 18.2 Å². The highest BCUT2D eigenvalue weighted by Crippen LogP contribution is 2.42. The number of piperidine rings is 1. The number of amides is 1. The molecular formula is C28H41N3O8S. The van der Waals surface area contributed by atoms with Gasteiger partial charge in [0.2, 0.25) is 0 Å². The first kappa shape index (κ1) is 30.3. The Balaban J connectivity index is 1.48. The molecular weight excluding hydrogens is 538 g/mol. The summed E-state index contributed by atoms with van der Waals surface area (Å²) in [6, 6.07) is 7.55. The van der Waals surface area contributed by atoms with Gasteiger partial charge in [0.25, 0.3) is 11.3 Å². The van der Waals surface area contributed by atoms with E-state index >= 15 is 0 Å². The summed E-state index contributed by atoms with van der Waals surface area (Å²) in [5.41, 5.74) is 0.626. The minimum absolute atomic E-state index is 0.235. The van der Waals surface area contributed by atoms with Gasteiger partial charge in [0.15, 0.2) is 0 Å². The Morgan fingerprint density at radius 3 is 2.25 bits per heavy atom. The normalized spacial score (nSPS) is 29.2.